The van der Waals surface area contributed by atoms with Crippen LogP contribution < -0.4 is 10.6 Å². The van der Waals surface area contributed by atoms with Gasteiger partial charge in [-0.3, -0.25) is 9.59 Å². The Morgan fingerprint density at radius 2 is 1.62 bits per heavy atom. The minimum atomic E-state index is -3.49. The van der Waals surface area contributed by atoms with Crippen LogP contribution in [0.25, 0.3) is 0 Å². The molecule has 2 aromatic rings. The number of rotatable bonds is 9. The van der Waals surface area contributed by atoms with Crippen molar-refractivity contribution >= 4 is 21.8 Å². The van der Waals surface area contributed by atoms with Crippen molar-refractivity contribution in [2.75, 3.05) is 26.3 Å². The van der Waals surface area contributed by atoms with E-state index in [1.807, 2.05) is 39.0 Å². The fourth-order valence-corrected chi connectivity index (χ4v) is 5.30. The molecular formula is C25H33N3O5S. The SMILES string of the molecule is Cc1ccc(C(=O)N[C@H](C(=O)NCc2ccccc2CS(=O)(=O)N2CCOCC2)C(C)C)cc1. The third-order valence-corrected chi connectivity index (χ3v) is 7.65. The van der Waals surface area contributed by atoms with Gasteiger partial charge in [0.2, 0.25) is 15.9 Å². The van der Waals surface area contributed by atoms with Crippen LogP contribution in [0.4, 0.5) is 0 Å². The summed E-state index contributed by atoms with van der Waals surface area (Å²) in [5.41, 5.74) is 2.89. The Hall–Kier alpha value is -2.75. The largest absolute Gasteiger partial charge is 0.379 e. The van der Waals surface area contributed by atoms with Crippen molar-refractivity contribution in [3.8, 4) is 0 Å². The van der Waals surface area contributed by atoms with E-state index in [0.717, 1.165) is 11.1 Å². The standard InChI is InChI=1S/C25H33N3O5S/c1-18(2)23(27-24(29)20-10-8-19(3)9-11-20)25(30)26-16-21-6-4-5-7-22(21)17-34(31,32)28-12-14-33-15-13-28/h4-11,18,23H,12-17H2,1-3H3,(H,26,30)(H,27,29)/t23-/m0/s1. The minimum Gasteiger partial charge on any atom is -0.379 e. The first kappa shape index (κ1) is 25.9. The zero-order chi connectivity index (χ0) is 24.7. The van der Waals surface area contributed by atoms with Crippen LogP contribution in [0.2, 0.25) is 0 Å². The van der Waals surface area contributed by atoms with Gasteiger partial charge in [-0.05, 0) is 36.1 Å². The van der Waals surface area contributed by atoms with E-state index in [4.69, 9.17) is 4.74 Å². The molecule has 0 radical (unpaired) electrons. The zero-order valence-electron chi connectivity index (χ0n) is 19.9. The maximum atomic E-state index is 13.0. The van der Waals surface area contributed by atoms with Crippen molar-refractivity contribution in [2.45, 2.75) is 39.1 Å². The van der Waals surface area contributed by atoms with Crippen LogP contribution in [-0.2, 0) is 31.9 Å². The number of hydrogen-bond donors (Lipinski definition) is 2. The number of amides is 2. The van der Waals surface area contributed by atoms with Gasteiger partial charge in [0, 0.05) is 25.2 Å². The predicted octanol–water partition coefficient (Wildman–Crippen LogP) is 2.23. The van der Waals surface area contributed by atoms with Gasteiger partial charge in [-0.2, -0.15) is 4.31 Å². The second kappa shape index (κ2) is 11.6. The van der Waals surface area contributed by atoms with Crippen LogP contribution in [-0.4, -0.2) is 56.9 Å². The summed E-state index contributed by atoms with van der Waals surface area (Å²) < 4.78 is 32.4. The van der Waals surface area contributed by atoms with E-state index in [1.165, 1.54) is 4.31 Å². The molecule has 34 heavy (non-hydrogen) atoms. The van der Waals surface area contributed by atoms with Gasteiger partial charge in [0.15, 0.2) is 0 Å². The highest BCUT2D eigenvalue weighted by molar-refractivity contribution is 7.88. The van der Waals surface area contributed by atoms with Crippen LogP contribution in [0.3, 0.4) is 0 Å². The number of sulfonamides is 1. The van der Waals surface area contributed by atoms with Crippen LogP contribution in [0.15, 0.2) is 48.5 Å². The second-order valence-electron chi connectivity index (χ2n) is 8.82. The number of hydrogen-bond acceptors (Lipinski definition) is 5. The van der Waals surface area contributed by atoms with Gasteiger partial charge in [-0.15, -0.1) is 0 Å². The number of carbonyl (C=O) groups excluding carboxylic acids is 2. The lowest BCUT2D eigenvalue weighted by Gasteiger charge is -2.26. The van der Waals surface area contributed by atoms with Crippen LogP contribution >= 0.6 is 0 Å². The number of nitrogens with one attached hydrogen (secondary N) is 2. The number of benzene rings is 2. The fourth-order valence-electron chi connectivity index (χ4n) is 3.74. The van der Waals surface area contributed by atoms with Crippen molar-refractivity contribution < 1.29 is 22.7 Å². The summed E-state index contributed by atoms with van der Waals surface area (Å²) in [6.07, 6.45) is 0. The lowest BCUT2D eigenvalue weighted by Crippen LogP contribution is -2.49. The van der Waals surface area contributed by atoms with Gasteiger partial charge in [0.05, 0.1) is 19.0 Å². The molecule has 1 saturated heterocycles. The Morgan fingerprint density at radius 3 is 2.24 bits per heavy atom. The Kier molecular flexibility index (Phi) is 8.82. The minimum absolute atomic E-state index is 0.133. The molecule has 0 bridgehead atoms. The van der Waals surface area contributed by atoms with Crippen LogP contribution in [0.5, 0.6) is 0 Å². The second-order valence-corrected chi connectivity index (χ2v) is 10.8. The van der Waals surface area contributed by atoms with E-state index in [9.17, 15) is 18.0 Å². The predicted molar refractivity (Wildman–Crippen MR) is 131 cm³/mol. The van der Waals surface area contributed by atoms with Crippen molar-refractivity contribution in [2.24, 2.45) is 5.92 Å². The lowest BCUT2D eigenvalue weighted by molar-refractivity contribution is -0.124. The highest BCUT2D eigenvalue weighted by Gasteiger charge is 2.27. The van der Waals surface area contributed by atoms with Gasteiger partial charge in [-0.1, -0.05) is 55.8 Å². The molecule has 0 unspecified atom stereocenters. The van der Waals surface area contributed by atoms with Gasteiger partial charge in [0.1, 0.15) is 6.04 Å². The summed E-state index contributed by atoms with van der Waals surface area (Å²) in [5.74, 6) is -0.907. The van der Waals surface area contributed by atoms with Crippen LogP contribution in [0.1, 0.15) is 40.9 Å². The third kappa shape index (κ3) is 6.88. The summed E-state index contributed by atoms with van der Waals surface area (Å²) >= 11 is 0. The Balaban J connectivity index is 1.65. The van der Waals surface area contributed by atoms with Crippen LogP contribution in [0, 0.1) is 12.8 Å². The molecular weight excluding hydrogens is 454 g/mol. The van der Waals surface area contributed by atoms with Gasteiger partial charge >= 0.3 is 0 Å². The van der Waals surface area contributed by atoms with Gasteiger partial charge in [0.25, 0.3) is 5.91 Å². The normalized spacial score (nSPS) is 15.6. The number of aryl methyl sites for hydroxylation is 1. The summed E-state index contributed by atoms with van der Waals surface area (Å²) in [6.45, 7) is 7.30. The molecule has 0 spiro atoms. The highest BCUT2D eigenvalue weighted by atomic mass is 32.2. The molecule has 2 aromatic carbocycles. The number of morpholine rings is 1. The molecule has 1 aliphatic rings. The molecule has 1 aliphatic heterocycles. The Morgan fingerprint density at radius 1 is 1.00 bits per heavy atom. The van der Waals surface area contributed by atoms with Gasteiger partial charge in [-0.25, -0.2) is 8.42 Å². The molecule has 2 amide bonds. The average molecular weight is 488 g/mol. The highest BCUT2D eigenvalue weighted by Crippen LogP contribution is 2.17. The van der Waals surface area contributed by atoms with Crippen molar-refractivity contribution in [1.29, 1.82) is 0 Å². The van der Waals surface area contributed by atoms with E-state index in [2.05, 4.69) is 10.6 Å². The molecule has 8 nitrogen and oxygen atoms in total. The first-order valence-corrected chi connectivity index (χ1v) is 13.1. The molecule has 1 atom stereocenters. The first-order chi connectivity index (χ1) is 16.2. The Bertz CT molecular complexity index is 1090. The third-order valence-electron chi connectivity index (χ3n) is 5.82. The van der Waals surface area contributed by atoms with E-state index in [-0.39, 0.29) is 30.0 Å². The zero-order valence-corrected chi connectivity index (χ0v) is 20.7. The summed E-state index contributed by atoms with van der Waals surface area (Å²) in [7, 11) is -3.49. The van der Waals surface area contributed by atoms with Crippen molar-refractivity contribution in [1.82, 2.24) is 14.9 Å². The maximum Gasteiger partial charge on any atom is 0.251 e. The smallest absolute Gasteiger partial charge is 0.251 e. The molecule has 184 valence electrons. The molecule has 3 rings (SSSR count). The maximum absolute atomic E-state index is 13.0. The molecule has 1 heterocycles. The molecule has 9 heteroatoms. The van der Waals surface area contributed by atoms with E-state index >= 15 is 0 Å². The average Bonchev–Trinajstić information content (AvgIpc) is 2.82. The van der Waals surface area contributed by atoms with Gasteiger partial charge < -0.3 is 15.4 Å². The number of nitrogens with zero attached hydrogens (tertiary/aromatic N) is 1. The summed E-state index contributed by atoms with van der Waals surface area (Å²) in [4.78, 5) is 25.6. The van der Waals surface area contributed by atoms with E-state index in [1.54, 1.807) is 30.3 Å². The molecule has 0 aliphatic carbocycles. The monoisotopic (exact) mass is 487 g/mol. The van der Waals surface area contributed by atoms with E-state index in [0.29, 0.717) is 37.4 Å². The summed E-state index contributed by atoms with van der Waals surface area (Å²) in [5, 5.41) is 5.69. The summed E-state index contributed by atoms with van der Waals surface area (Å²) in [6, 6.07) is 13.6. The number of carbonyl (C=O) groups is 2. The Labute approximate surface area is 201 Å². The molecule has 2 N–H and O–H groups in total. The molecule has 1 fully saturated rings. The molecule has 0 aromatic heterocycles. The van der Waals surface area contributed by atoms with E-state index < -0.39 is 16.1 Å². The fraction of sp³-hybridized carbons (Fsp3) is 0.440. The quantitative estimate of drug-likeness (QED) is 0.564. The van der Waals surface area contributed by atoms with Crippen molar-refractivity contribution in [3.63, 3.8) is 0 Å². The molecule has 0 saturated carbocycles. The van der Waals surface area contributed by atoms with Crippen molar-refractivity contribution in [3.05, 3.63) is 70.8 Å². The lowest BCUT2D eigenvalue weighted by atomic mass is 10.0. The number of ether oxygens (including phenoxy) is 1. The topological polar surface area (TPSA) is 105 Å². The first-order valence-electron chi connectivity index (χ1n) is 11.4.